The smallest absolute Gasteiger partial charge is 0.131 e. The van der Waals surface area contributed by atoms with Crippen molar-refractivity contribution in [2.75, 3.05) is 32.2 Å². The molecule has 0 bridgehead atoms. The molecule has 0 aliphatic carbocycles. The molecule has 3 nitrogen and oxygen atoms in total. The van der Waals surface area contributed by atoms with Gasteiger partial charge in [0, 0.05) is 38.8 Å². The number of aryl methyl sites for hydroxylation is 1. The lowest BCUT2D eigenvalue weighted by Crippen LogP contribution is -2.21. The van der Waals surface area contributed by atoms with Crippen molar-refractivity contribution in [3.8, 4) is 0 Å². The molecule has 0 saturated carbocycles. The van der Waals surface area contributed by atoms with Crippen molar-refractivity contribution in [1.29, 1.82) is 0 Å². The Balaban J connectivity index is 2.64. The molecule has 0 radical (unpaired) electrons. The van der Waals surface area contributed by atoms with Gasteiger partial charge in [-0.25, -0.2) is 4.98 Å². The summed E-state index contributed by atoms with van der Waals surface area (Å²) in [5.74, 6) is 1.06. The molecule has 0 fully saturated rings. The van der Waals surface area contributed by atoms with Gasteiger partial charge in [0.05, 0.1) is 0 Å². The van der Waals surface area contributed by atoms with Crippen LogP contribution in [0.2, 0.25) is 0 Å². The highest BCUT2D eigenvalue weighted by Gasteiger charge is 2.06. The fourth-order valence-electron chi connectivity index (χ4n) is 1.65. The number of hydrogen-bond donors (Lipinski definition) is 0. The highest BCUT2D eigenvalue weighted by atomic mass is 79.9. The Morgan fingerprint density at radius 3 is 2.81 bits per heavy atom. The maximum atomic E-state index is 5.04. The molecule has 0 atom stereocenters. The van der Waals surface area contributed by atoms with Crippen molar-refractivity contribution in [2.24, 2.45) is 0 Å². The summed E-state index contributed by atoms with van der Waals surface area (Å²) in [4.78, 5) is 6.66. The van der Waals surface area contributed by atoms with E-state index in [1.54, 1.807) is 7.11 Å². The average Bonchev–Trinajstić information content (AvgIpc) is 2.29. The molecule has 0 unspecified atom stereocenters. The maximum Gasteiger partial charge on any atom is 0.131 e. The first-order valence-corrected chi connectivity index (χ1v) is 6.52. The second-order valence-electron chi connectivity index (χ2n) is 3.89. The molecule has 0 saturated heterocycles. The second kappa shape index (κ2) is 6.86. The monoisotopic (exact) mass is 286 g/mol. The van der Waals surface area contributed by atoms with Gasteiger partial charge in [0.15, 0.2) is 0 Å². The summed E-state index contributed by atoms with van der Waals surface area (Å²) in [5.41, 5.74) is 2.43. The normalized spacial score (nSPS) is 10.5. The SMILES string of the molecule is COCCCN(C)c1ncc(CBr)cc1C. The number of rotatable bonds is 6. The molecule has 0 aromatic carbocycles. The molecule has 0 aliphatic heterocycles. The van der Waals surface area contributed by atoms with E-state index in [0.717, 1.165) is 30.7 Å². The van der Waals surface area contributed by atoms with Crippen LogP contribution in [0.5, 0.6) is 0 Å². The number of ether oxygens (including phenoxy) is 1. The van der Waals surface area contributed by atoms with Gasteiger partial charge in [-0.15, -0.1) is 0 Å². The molecule has 1 rings (SSSR count). The Bertz CT molecular complexity index is 331. The second-order valence-corrected chi connectivity index (χ2v) is 4.45. The number of pyridine rings is 1. The molecule has 0 N–H and O–H groups in total. The highest BCUT2D eigenvalue weighted by Crippen LogP contribution is 2.18. The Hall–Kier alpha value is -0.610. The van der Waals surface area contributed by atoms with Crippen molar-refractivity contribution in [3.63, 3.8) is 0 Å². The van der Waals surface area contributed by atoms with Crippen LogP contribution in [0.25, 0.3) is 0 Å². The van der Waals surface area contributed by atoms with Gasteiger partial charge in [-0.2, -0.15) is 0 Å². The number of aromatic nitrogens is 1. The Labute approximate surface area is 106 Å². The lowest BCUT2D eigenvalue weighted by molar-refractivity contribution is 0.196. The fraction of sp³-hybridized carbons (Fsp3) is 0.583. The van der Waals surface area contributed by atoms with Crippen LogP contribution in [0, 0.1) is 6.92 Å². The van der Waals surface area contributed by atoms with Gasteiger partial charge in [0.25, 0.3) is 0 Å². The summed E-state index contributed by atoms with van der Waals surface area (Å²) in [6, 6.07) is 2.17. The molecule has 16 heavy (non-hydrogen) atoms. The zero-order valence-corrected chi connectivity index (χ0v) is 11.7. The zero-order valence-electron chi connectivity index (χ0n) is 10.2. The van der Waals surface area contributed by atoms with Gasteiger partial charge in [-0.05, 0) is 24.5 Å². The van der Waals surface area contributed by atoms with E-state index >= 15 is 0 Å². The zero-order chi connectivity index (χ0) is 12.0. The van der Waals surface area contributed by atoms with E-state index < -0.39 is 0 Å². The van der Waals surface area contributed by atoms with E-state index in [-0.39, 0.29) is 0 Å². The quantitative estimate of drug-likeness (QED) is 0.594. The molecule has 1 heterocycles. The van der Waals surface area contributed by atoms with Gasteiger partial charge in [-0.1, -0.05) is 22.0 Å². The van der Waals surface area contributed by atoms with Gasteiger partial charge in [0.2, 0.25) is 0 Å². The topological polar surface area (TPSA) is 25.4 Å². The average molecular weight is 287 g/mol. The summed E-state index contributed by atoms with van der Waals surface area (Å²) in [7, 11) is 3.80. The first kappa shape index (κ1) is 13.5. The van der Waals surface area contributed by atoms with Crippen LogP contribution < -0.4 is 4.90 Å². The van der Waals surface area contributed by atoms with Crippen molar-refractivity contribution in [1.82, 2.24) is 4.98 Å². The summed E-state index contributed by atoms with van der Waals surface area (Å²) in [5, 5.41) is 0.856. The van der Waals surface area contributed by atoms with Crippen molar-refractivity contribution in [3.05, 3.63) is 23.4 Å². The minimum atomic E-state index is 0.795. The molecule has 0 amide bonds. The summed E-state index contributed by atoms with van der Waals surface area (Å²) >= 11 is 3.43. The van der Waals surface area contributed by atoms with E-state index in [1.165, 1.54) is 11.1 Å². The van der Waals surface area contributed by atoms with Gasteiger partial charge < -0.3 is 9.64 Å². The largest absolute Gasteiger partial charge is 0.385 e. The van der Waals surface area contributed by atoms with Crippen LogP contribution in [-0.2, 0) is 10.1 Å². The molecule has 1 aromatic rings. The lowest BCUT2D eigenvalue weighted by atomic mass is 10.2. The first-order valence-electron chi connectivity index (χ1n) is 5.40. The minimum Gasteiger partial charge on any atom is -0.385 e. The van der Waals surface area contributed by atoms with Crippen LogP contribution in [0.3, 0.4) is 0 Å². The Kier molecular flexibility index (Phi) is 5.77. The predicted molar refractivity (Wildman–Crippen MR) is 71.4 cm³/mol. The maximum absolute atomic E-state index is 5.04. The molecule has 4 heteroatoms. The number of nitrogens with zero attached hydrogens (tertiary/aromatic N) is 2. The Morgan fingerprint density at radius 2 is 2.25 bits per heavy atom. The van der Waals surface area contributed by atoms with Gasteiger partial charge in [-0.3, -0.25) is 0 Å². The summed E-state index contributed by atoms with van der Waals surface area (Å²) in [6.07, 6.45) is 2.94. The van der Waals surface area contributed by atoms with Crippen LogP contribution in [-0.4, -0.2) is 32.3 Å². The molecular weight excluding hydrogens is 268 g/mol. The van der Waals surface area contributed by atoms with Gasteiger partial charge in [0.1, 0.15) is 5.82 Å². The Morgan fingerprint density at radius 1 is 1.50 bits per heavy atom. The number of alkyl halides is 1. The van der Waals surface area contributed by atoms with E-state index in [4.69, 9.17) is 4.74 Å². The third-order valence-electron chi connectivity index (χ3n) is 2.47. The minimum absolute atomic E-state index is 0.795. The van der Waals surface area contributed by atoms with Crippen LogP contribution in [0.4, 0.5) is 5.82 Å². The fourth-order valence-corrected chi connectivity index (χ4v) is 1.96. The van der Waals surface area contributed by atoms with E-state index in [1.807, 2.05) is 6.20 Å². The summed E-state index contributed by atoms with van der Waals surface area (Å²) < 4.78 is 5.04. The predicted octanol–water partition coefficient (Wildman–Crippen LogP) is 2.76. The van der Waals surface area contributed by atoms with Crippen LogP contribution in [0.1, 0.15) is 17.5 Å². The molecule has 0 spiro atoms. The van der Waals surface area contributed by atoms with Crippen LogP contribution >= 0.6 is 15.9 Å². The lowest BCUT2D eigenvalue weighted by Gasteiger charge is -2.20. The number of hydrogen-bond acceptors (Lipinski definition) is 3. The molecule has 1 aromatic heterocycles. The van der Waals surface area contributed by atoms with E-state index in [2.05, 4.69) is 45.9 Å². The standard InChI is InChI=1S/C12H19BrN2O/c1-10-7-11(8-13)9-14-12(10)15(2)5-4-6-16-3/h7,9H,4-6,8H2,1-3H3. The van der Waals surface area contributed by atoms with Crippen molar-refractivity contribution < 1.29 is 4.74 Å². The highest BCUT2D eigenvalue weighted by molar-refractivity contribution is 9.08. The molecule has 90 valence electrons. The van der Waals surface area contributed by atoms with Gasteiger partial charge >= 0.3 is 0 Å². The number of anilines is 1. The van der Waals surface area contributed by atoms with E-state index in [0.29, 0.717) is 0 Å². The molecule has 0 aliphatic rings. The summed E-state index contributed by atoms with van der Waals surface area (Å²) in [6.45, 7) is 3.86. The number of halogens is 1. The first-order chi connectivity index (χ1) is 7.69. The number of methoxy groups -OCH3 is 1. The third-order valence-corrected chi connectivity index (χ3v) is 3.11. The van der Waals surface area contributed by atoms with Crippen molar-refractivity contribution >= 4 is 21.7 Å². The van der Waals surface area contributed by atoms with Crippen molar-refractivity contribution in [2.45, 2.75) is 18.7 Å². The van der Waals surface area contributed by atoms with E-state index in [9.17, 15) is 0 Å². The third kappa shape index (κ3) is 3.76. The van der Waals surface area contributed by atoms with Crippen LogP contribution in [0.15, 0.2) is 12.3 Å². The molecular formula is C12H19BrN2O.